The third-order valence-corrected chi connectivity index (χ3v) is 3.83. The Morgan fingerprint density at radius 2 is 2.14 bits per heavy atom. The second kappa shape index (κ2) is 4.99. The molecule has 0 amide bonds. The van der Waals surface area contributed by atoms with Crippen LogP contribution in [-0.2, 0) is 0 Å². The van der Waals surface area contributed by atoms with Gasteiger partial charge in [-0.15, -0.1) is 0 Å². The summed E-state index contributed by atoms with van der Waals surface area (Å²) in [5.74, 6) is 1.41. The molecule has 4 aromatic rings. The summed E-state index contributed by atoms with van der Waals surface area (Å²) in [6.07, 6.45) is 3.28. The van der Waals surface area contributed by atoms with Crippen LogP contribution in [0.2, 0.25) is 0 Å². The van der Waals surface area contributed by atoms with E-state index in [2.05, 4.69) is 46.4 Å². The number of anilines is 2. The maximum absolute atomic E-state index is 5.44. The van der Waals surface area contributed by atoms with Crippen LogP contribution in [0, 0.1) is 0 Å². The minimum Gasteiger partial charge on any atom is -0.494 e. The largest absolute Gasteiger partial charge is 0.494 e. The molecule has 0 bridgehead atoms. The fourth-order valence-corrected chi connectivity index (χ4v) is 2.79. The number of rotatable bonds is 3. The number of aromatic nitrogens is 5. The zero-order chi connectivity index (χ0) is 15.1. The van der Waals surface area contributed by atoms with Gasteiger partial charge >= 0.3 is 0 Å². The van der Waals surface area contributed by atoms with E-state index in [1.54, 1.807) is 13.3 Å². The highest BCUT2D eigenvalue weighted by Crippen LogP contribution is 2.33. The Labute approximate surface area is 133 Å². The monoisotopic (exact) mass is 358 g/mol. The molecule has 0 aliphatic heterocycles. The van der Waals surface area contributed by atoms with Crippen molar-refractivity contribution in [2.75, 3.05) is 12.4 Å². The van der Waals surface area contributed by atoms with E-state index in [9.17, 15) is 0 Å². The summed E-state index contributed by atoms with van der Waals surface area (Å²) in [6, 6.07) is 5.80. The van der Waals surface area contributed by atoms with E-state index in [1.165, 1.54) is 6.33 Å². The fraction of sp³-hybridized carbons (Fsp3) is 0.0714. The van der Waals surface area contributed by atoms with Gasteiger partial charge in [0.05, 0.1) is 34.5 Å². The van der Waals surface area contributed by atoms with Gasteiger partial charge in [-0.1, -0.05) is 0 Å². The highest BCUT2D eigenvalue weighted by Gasteiger charge is 2.11. The molecule has 22 heavy (non-hydrogen) atoms. The first-order valence-electron chi connectivity index (χ1n) is 6.52. The lowest BCUT2D eigenvalue weighted by Gasteiger charge is -2.11. The molecule has 3 heterocycles. The highest BCUT2D eigenvalue weighted by atomic mass is 79.9. The van der Waals surface area contributed by atoms with E-state index in [0.717, 1.165) is 32.2 Å². The molecule has 0 radical (unpaired) electrons. The number of fused-ring (bicyclic) bond motifs is 2. The van der Waals surface area contributed by atoms with Crippen molar-refractivity contribution >= 4 is 49.4 Å². The van der Waals surface area contributed by atoms with Gasteiger partial charge in [0.1, 0.15) is 23.5 Å². The Balaban J connectivity index is 1.84. The predicted molar refractivity (Wildman–Crippen MR) is 87.5 cm³/mol. The number of H-pyrrole nitrogens is 2. The van der Waals surface area contributed by atoms with Crippen LogP contribution in [0.1, 0.15) is 0 Å². The summed E-state index contributed by atoms with van der Waals surface area (Å²) in [5.41, 5.74) is 2.49. The van der Waals surface area contributed by atoms with Crippen LogP contribution >= 0.6 is 15.9 Å². The van der Waals surface area contributed by atoms with Crippen molar-refractivity contribution in [1.29, 1.82) is 0 Å². The number of ether oxygens (including phenoxy) is 1. The third-order valence-electron chi connectivity index (χ3n) is 3.41. The van der Waals surface area contributed by atoms with E-state index >= 15 is 0 Å². The maximum atomic E-state index is 5.44. The molecule has 4 rings (SSSR count). The lowest BCUT2D eigenvalue weighted by Crippen LogP contribution is -1.98. The van der Waals surface area contributed by atoms with Crippen LogP contribution in [0.25, 0.3) is 21.9 Å². The molecule has 0 saturated heterocycles. The van der Waals surface area contributed by atoms with Gasteiger partial charge in [-0.3, -0.25) is 5.10 Å². The Morgan fingerprint density at radius 3 is 3.00 bits per heavy atom. The Hall–Kier alpha value is -2.61. The molecule has 0 aliphatic carbocycles. The SMILES string of the molecule is COc1cc2[nH]ncc2cc1Nc1ncnc2[nH]c(Br)cc12. The van der Waals surface area contributed by atoms with Crippen LogP contribution in [0.15, 0.2) is 35.3 Å². The molecule has 3 N–H and O–H groups in total. The number of nitrogens with one attached hydrogen (secondary N) is 3. The minimum absolute atomic E-state index is 0.702. The molecular weight excluding hydrogens is 348 g/mol. The van der Waals surface area contributed by atoms with Crippen molar-refractivity contribution in [1.82, 2.24) is 25.1 Å². The third kappa shape index (κ3) is 2.08. The molecular formula is C14H11BrN6O. The van der Waals surface area contributed by atoms with Gasteiger partial charge in [0.2, 0.25) is 0 Å². The number of aromatic amines is 2. The van der Waals surface area contributed by atoms with Crippen molar-refractivity contribution in [3.63, 3.8) is 0 Å². The summed E-state index contributed by atoms with van der Waals surface area (Å²) in [7, 11) is 1.63. The van der Waals surface area contributed by atoms with Gasteiger partial charge in [0.25, 0.3) is 0 Å². The molecule has 0 unspecified atom stereocenters. The summed E-state index contributed by atoms with van der Waals surface area (Å²) >= 11 is 3.41. The first-order valence-corrected chi connectivity index (χ1v) is 7.31. The van der Waals surface area contributed by atoms with Gasteiger partial charge < -0.3 is 15.0 Å². The standard InChI is InChI=1S/C14H11BrN6O/c1-22-11-4-9-7(5-18-21-9)2-10(11)19-13-8-3-12(15)20-14(8)17-6-16-13/h2-6H,1H3,(H,18,21)(H2,16,17,19,20). The first kappa shape index (κ1) is 13.1. The molecule has 0 aliphatic rings. The molecule has 0 atom stereocenters. The minimum atomic E-state index is 0.702. The fourth-order valence-electron chi connectivity index (χ4n) is 2.37. The van der Waals surface area contributed by atoms with Crippen molar-refractivity contribution in [2.24, 2.45) is 0 Å². The number of halogens is 1. The summed E-state index contributed by atoms with van der Waals surface area (Å²) < 4.78 is 6.29. The molecule has 1 aromatic carbocycles. The van der Waals surface area contributed by atoms with E-state index in [1.807, 2.05) is 18.2 Å². The van der Waals surface area contributed by atoms with E-state index in [0.29, 0.717) is 11.6 Å². The molecule has 110 valence electrons. The smallest absolute Gasteiger partial charge is 0.144 e. The predicted octanol–water partition coefficient (Wildman–Crippen LogP) is 3.35. The molecule has 3 aromatic heterocycles. The average molecular weight is 359 g/mol. The van der Waals surface area contributed by atoms with E-state index in [-0.39, 0.29) is 0 Å². The van der Waals surface area contributed by atoms with Gasteiger partial charge in [-0.25, -0.2) is 9.97 Å². The van der Waals surface area contributed by atoms with Gasteiger partial charge in [0.15, 0.2) is 0 Å². The number of benzene rings is 1. The second-order valence-corrected chi connectivity index (χ2v) is 5.59. The lowest BCUT2D eigenvalue weighted by atomic mass is 10.2. The Kier molecular flexibility index (Phi) is 2.97. The molecule has 8 heteroatoms. The van der Waals surface area contributed by atoms with Crippen LogP contribution < -0.4 is 10.1 Å². The topological polar surface area (TPSA) is 91.5 Å². The van der Waals surface area contributed by atoms with Crippen molar-refractivity contribution in [3.05, 3.63) is 35.3 Å². The average Bonchev–Trinajstić information content (AvgIpc) is 3.11. The quantitative estimate of drug-likeness (QED) is 0.522. The molecule has 0 fully saturated rings. The van der Waals surface area contributed by atoms with Crippen molar-refractivity contribution in [3.8, 4) is 5.75 Å². The summed E-state index contributed by atoms with van der Waals surface area (Å²) in [6.45, 7) is 0. The lowest BCUT2D eigenvalue weighted by molar-refractivity contribution is 0.417. The van der Waals surface area contributed by atoms with Crippen LogP contribution in [0.4, 0.5) is 11.5 Å². The number of nitrogens with zero attached hydrogens (tertiary/aromatic N) is 3. The van der Waals surface area contributed by atoms with Crippen LogP contribution in [-0.4, -0.2) is 32.3 Å². The number of methoxy groups -OCH3 is 1. The van der Waals surface area contributed by atoms with Crippen molar-refractivity contribution in [2.45, 2.75) is 0 Å². The Morgan fingerprint density at radius 1 is 1.23 bits per heavy atom. The zero-order valence-corrected chi connectivity index (χ0v) is 13.1. The first-order chi connectivity index (χ1) is 10.7. The number of hydrogen-bond donors (Lipinski definition) is 3. The van der Waals surface area contributed by atoms with Crippen molar-refractivity contribution < 1.29 is 4.74 Å². The zero-order valence-electron chi connectivity index (χ0n) is 11.5. The van der Waals surface area contributed by atoms with E-state index < -0.39 is 0 Å². The molecule has 0 saturated carbocycles. The van der Waals surface area contributed by atoms with Gasteiger partial charge in [-0.05, 0) is 28.1 Å². The molecule has 0 spiro atoms. The maximum Gasteiger partial charge on any atom is 0.144 e. The normalized spacial score (nSPS) is 11.2. The van der Waals surface area contributed by atoms with Crippen LogP contribution in [0.5, 0.6) is 5.75 Å². The highest BCUT2D eigenvalue weighted by molar-refractivity contribution is 9.10. The second-order valence-electron chi connectivity index (χ2n) is 4.74. The van der Waals surface area contributed by atoms with Gasteiger partial charge in [-0.2, -0.15) is 5.10 Å². The number of hydrogen-bond acceptors (Lipinski definition) is 5. The Bertz CT molecular complexity index is 976. The summed E-state index contributed by atoms with van der Waals surface area (Å²) in [4.78, 5) is 11.6. The summed E-state index contributed by atoms with van der Waals surface area (Å²) in [5, 5.41) is 12.1. The van der Waals surface area contributed by atoms with E-state index in [4.69, 9.17) is 4.74 Å². The van der Waals surface area contributed by atoms with Crippen LogP contribution in [0.3, 0.4) is 0 Å². The molecule has 7 nitrogen and oxygen atoms in total. The van der Waals surface area contributed by atoms with Gasteiger partial charge in [0, 0.05) is 11.5 Å².